The van der Waals surface area contributed by atoms with Gasteiger partial charge >= 0.3 is 0 Å². The van der Waals surface area contributed by atoms with Crippen LogP contribution in [0.25, 0.3) is 55.5 Å². The highest BCUT2D eigenvalue weighted by atomic mass is 14.8. The van der Waals surface area contributed by atoms with Gasteiger partial charge in [-0.25, -0.2) is 0 Å². The molecule has 2 heterocycles. The number of rotatable bonds is 2. The lowest BCUT2D eigenvalue weighted by Crippen LogP contribution is -2.26. The van der Waals surface area contributed by atoms with Crippen LogP contribution in [0.5, 0.6) is 0 Å². The van der Waals surface area contributed by atoms with Gasteiger partial charge in [-0.2, -0.15) is 0 Å². The third kappa shape index (κ3) is 3.02. The second-order valence-corrected chi connectivity index (χ2v) is 11.0. The van der Waals surface area contributed by atoms with Crippen molar-refractivity contribution in [2.75, 3.05) is 0 Å². The summed E-state index contributed by atoms with van der Waals surface area (Å²) in [4.78, 5) is 9.80. The van der Waals surface area contributed by atoms with Crippen molar-refractivity contribution >= 4 is 10.8 Å². The van der Waals surface area contributed by atoms with Crippen LogP contribution in [0.2, 0.25) is 0 Å². The van der Waals surface area contributed by atoms with Crippen LogP contribution in [0, 0.1) is 0 Å². The molecule has 190 valence electrons. The molecule has 7 aromatic rings. The lowest BCUT2D eigenvalue weighted by atomic mass is 9.70. The molecule has 0 amide bonds. The molecule has 5 aromatic carbocycles. The lowest BCUT2D eigenvalue weighted by Gasteiger charge is -2.30. The Kier molecular flexibility index (Phi) is 4.57. The predicted octanol–water partition coefficient (Wildman–Crippen LogP) is 9.31. The van der Waals surface area contributed by atoms with E-state index >= 15 is 0 Å². The molecular weight excluding hydrogens is 496 g/mol. The van der Waals surface area contributed by atoms with E-state index in [9.17, 15) is 0 Å². The van der Waals surface area contributed by atoms with Crippen molar-refractivity contribution in [2.24, 2.45) is 0 Å². The fraction of sp³-hybridized carbons (Fsp3) is 0.0256. The van der Waals surface area contributed by atoms with E-state index < -0.39 is 5.41 Å². The summed E-state index contributed by atoms with van der Waals surface area (Å²) in [6.07, 6.45) is 3.81. The molecule has 0 radical (unpaired) electrons. The average molecular weight is 521 g/mol. The number of nitrogens with zero attached hydrogens (tertiary/aromatic N) is 2. The Hall–Kier alpha value is -5.34. The normalized spacial score (nSPS) is 15.9. The van der Waals surface area contributed by atoms with Gasteiger partial charge in [0.2, 0.25) is 0 Å². The molecule has 2 aliphatic carbocycles. The zero-order valence-corrected chi connectivity index (χ0v) is 22.3. The molecule has 2 aromatic heterocycles. The van der Waals surface area contributed by atoms with Crippen LogP contribution in [0.4, 0.5) is 0 Å². The minimum atomic E-state index is -0.430. The molecule has 0 bridgehead atoms. The zero-order chi connectivity index (χ0) is 27.0. The summed E-state index contributed by atoms with van der Waals surface area (Å²) in [6.45, 7) is 0. The van der Waals surface area contributed by atoms with Crippen molar-refractivity contribution in [3.63, 3.8) is 0 Å². The number of pyridine rings is 2. The van der Waals surface area contributed by atoms with Crippen LogP contribution in [0.3, 0.4) is 0 Å². The summed E-state index contributed by atoms with van der Waals surface area (Å²) < 4.78 is 0. The van der Waals surface area contributed by atoms with Gasteiger partial charge in [0.1, 0.15) is 0 Å². The number of benzene rings is 5. The number of fused-ring (bicyclic) bond motifs is 11. The van der Waals surface area contributed by atoms with Gasteiger partial charge < -0.3 is 0 Å². The SMILES string of the molecule is c1ccc2c(c1)-c1ncccc1C21c2cc(-c3ccc(-c4ccc5ccccc5c4)cc3)ccc2-c2ncccc21. The second kappa shape index (κ2) is 8.33. The first-order valence-electron chi connectivity index (χ1n) is 14.1. The van der Waals surface area contributed by atoms with E-state index in [-0.39, 0.29) is 0 Å². The van der Waals surface area contributed by atoms with Crippen molar-refractivity contribution in [2.45, 2.75) is 5.41 Å². The molecule has 0 N–H and O–H groups in total. The second-order valence-electron chi connectivity index (χ2n) is 11.0. The monoisotopic (exact) mass is 520 g/mol. The van der Waals surface area contributed by atoms with Crippen molar-refractivity contribution in [3.05, 3.63) is 168 Å². The van der Waals surface area contributed by atoms with Crippen LogP contribution in [-0.4, -0.2) is 9.97 Å². The highest BCUT2D eigenvalue weighted by molar-refractivity contribution is 5.94. The molecule has 0 fully saturated rings. The molecule has 9 rings (SSSR count). The Balaban J connectivity index is 1.22. The number of hydrogen-bond acceptors (Lipinski definition) is 2. The molecule has 2 heteroatoms. The average Bonchev–Trinajstić information content (AvgIpc) is 3.52. The maximum Gasteiger partial charge on any atom is 0.0757 e. The van der Waals surface area contributed by atoms with E-state index in [1.165, 1.54) is 66.4 Å². The van der Waals surface area contributed by atoms with Crippen molar-refractivity contribution in [1.82, 2.24) is 9.97 Å². The summed E-state index contributed by atoms with van der Waals surface area (Å²) in [5.74, 6) is 0. The van der Waals surface area contributed by atoms with Gasteiger partial charge in [0.05, 0.1) is 16.8 Å². The third-order valence-corrected chi connectivity index (χ3v) is 8.99. The van der Waals surface area contributed by atoms with Gasteiger partial charge in [-0.05, 0) is 79.5 Å². The highest BCUT2D eigenvalue weighted by Gasteiger charge is 2.52. The van der Waals surface area contributed by atoms with Crippen LogP contribution in [0.15, 0.2) is 146 Å². The first-order valence-corrected chi connectivity index (χ1v) is 14.1. The maximum absolute atomic E-state index is 4.91. The predicted molar refractivity (Wildman–Crippen MR) is 167 cm³/mol. The molecule has 1 unspecified atom stereocenters. The Morgan fingerprint density at radius 3 is 1.63 bits per heavy atom. The summed E-state index contributed by atoms with van der Waals surface area (Å²) >= 11 is 0. The van der Waals surface area contributed by atoms with Crippen molar-refractivity contribution in [1.29, 1.82) is 0 Å². The zero-order valence-electron chi connectivity index (χ0n) is 22.3. The van der Waals surface area contributed by atoms with Gasteiger partial charge in [0.25, 0.3) is 0 Å². The first kappa shape index (κ1) is 22.5. The standard InChI is InChI=1S/C39H24N2/c1-2-8-28-23-29(18-17-25(28)7-1)26-13-15-27(16-14-26)30-19-20-32-36(24-30)39(35-12-6-22-41-38(32)35)33-10-4-3-9-31(33)37-34(39)11-5-21-40-37/h1-24H. The molecule has 1 spiro atoms. The Bertz CT molecular complexity index is 2090. The summed E-state index contributed by atoms with van der Waals surface area (Å²) in [6, 6.07) is 48.5. The first-order chi connectivity index (χ1) is 20.3. The number of hydrogen-bond donors (Lipinski definition) is 0. The van der Waals surface area contributed by atoms with E-state index in [2.05, 4.69) is 133 Å². The highest BCUT2D eigenvalue weighted by Crippen LogP contribution is 2.62. The molecule has 2 nitrogen and oxygen atoms in total. The summed E-state index contributed by atoms with van der Waals surface area (Å²) in [5, 5.41) is 2.53. The lowest BCUT2D eigenvalue weighted by molar-refractivity contribution is 0.789. The molecule has 41 heavy (non-hydrogen) atoms. The topological polar surface area (TPSA) is 25.8 Å². The van der Waals surface area contributed by atoms with E-state index in [1.807, 2.05) is 12.4 Å². The number of aromatic nitrogens is 2. The van der Waals surface area contributed by atoms with Gasteiger partial charge in [-0.15, -0.1) is 0 Å². The fourth-order valence-electron chi connectivity index (χ4n) is 7.20. The quantitative estimate of drug-likeness (QED) is 0.227. The van der Waals surface area contributed by atoms with E-state index in [4.69, 9.17) is 9.97 Å². The summed E-state index contributed by atoms with van der Waals surface area (Å²) in [5.41, 5.74) is 14.0. The Morgan fingerprint density at radius 1 is 0.366 bits per heavy atom. The Labute approximate surface area is 238 Å². The third-order valence-electron chi connectivity index (χ3n) is 8.99. The summed E-state index contributed by atoms with van der Waals surface area (Å²) in [7, 11) is 0. The van der Waals surface area contributed by atoms with Gasteiger partial charge in [0, 0.05) is 23.5 Å². The van der Waals surface area contributed by atoms with Gasteiger partial charge in [-0.1, -0.05) is 109 Å². The largest absolute Gasteiger partial charge is 0.256 e. The van der Waals surface area contributed by atoms with Crippen molar-refractivity contribution in [3.8, 4) is 44.8 Å². The van der Waals surface area contributed by atoms with Gasteiger partial charge in [-0.3, -0.25) is 9.97 Å². The molecule has 1 atom stereocenters. The van der Waals surface area contributed by atoms with E-state index in [0.717, 1.165) is 11.4 Å². The van der Waals surface area contributed by atoms with Crippen LogP contribution in [0.1, 0.15) is 22.3 Å². The smallest absolute Gasteiger partial charge is 0.0757 e. The molecule has 0 saturated heterocycles. The molecule has 2 aliphatic rings. The minimum Gasteiger partial charge on any atom is -0.256 e. The molecular formula is C39H24N2. The van der Waals surface area contributed by atoms with E-state index in [1.54, 1.807) is 0 Å². The van der Waals surface area contributed by atoms with Crippen LogP contribution < -0.4 is 0 Å². The minimum absolute atomic E-state index is 0.430. The molecule has 0 aliphatic heterocycles. The Morgan fingerprint density at radius 2 is 0.902 bits per heavy atom. The van der Waals surface area contributed by atoms with Crippen LogP contribution >= 0.6 is 0 Å². The molecule has 0 saturated carbocycles. The van der Waals surface area contributed by atoms with Crippen molar-refractivity contribution < 1.29 is 0 Å². The fourth-order valence-corrected chi connectivity index (χ4v) is 7.20. The van der Waals surface area contributed by atoms with Gasteiger partial charge in [0.15, 0.2) is 0 Å². The van der Waals surface area contributed by atoms with E-state index in [0.29, 0.717) is 0 Å². The maximum atomic E-state index is 4.91. The van der Waals surface area contributed by atoms with Crippen LogP contribution in [-0.2, 0) is 5.41 Å².